The number of carbonyl (C=O) groups is 2. The number of benzene rings is 1. The van der Waals surface area contributed by atoms with Gasteiger partial charge in [-0.25, -0.2) is 4.79 Å². The second kappa shape index (κ2) is 7.50. The predicted octanol–water partition coefficient (Wildman–Crippen LogP) is 2.85. The molecule has 148 valence electrons. The van der Waals surface area contributed by atoms with Gasteiger partial charge in [-0.3, -0.25) is 9.69 Å². The quantitative estimate of drug-likeness (QED) is 0.805. The van der Waals surface area contributed by atoms with Crippen LogP contribution >= 0.6 is 0 Å². The van der Waals surface area contributed by atoms with E-state index in [9.17, 15) is 14.7 Å². The molecule has 0 bridgehead atoms. The molecule has 0 spiro atoms. The normalized spacial score (nSPS) is 21.4. The van der Waals surface area contributed by atoms with Crippen molar-refractivity contribution in [1.82, 2.24) is 9.80 Å². The molecule has 6 nitrogen and oxygen atoms in total. The van der Waals surface area contributed by atoms with Crippen LogP contribution in [-0.4, -0.2) is 58.7 Å². The Labute approximate surface area is 161 Å². The van der Waals surface area contributed by atoms with Gasteiger partial charge in [-0.1, -0.05) is 32.9 Å². The standard InChI is InChI=1S/C21H30N2O4/c1-14-11-15(21(2,3)4)8-9-18(14)27-13-16(24)12-23-19(25)17-7-5-6-10-22(17)20(23)26/h8-9,11,16-17,24H,5-7,10,12-13H2,1-4H3/t16-,17-/m0/s1. The van der Waals surface area contributed by atoms with E-state index < -0.39 is 6.10 Å². The number of hydrogen-bond acceptors (Lipinski definition) is 4. The summed E-state index contributed by atoms with van der Waals surface area (Å²) in [4.78, 5) is 27.7. The van der Waals surface area contributed by atoms with Crippen LogP contribution in [0.5, 0.6) is 5.75 Å². The maximum Gasteiger partial charge on any atom is 0.327 e. The number of piperidine rings is 1. The minimum absolute atomic E-state index is 0.0240. The molecule has 2 atom stereocenters. The van der Waals surface area contributed by atoms with E-state index in [1.165, 1.54) is 10.5 Å². The largest absolute Gasteiger partial charge is 0.491 e. The topological polar surface area (TPSA) is 70.1 Å². The summed E-state index contributed by atoms with van der Waals surface area (Å²) in [6.45, 7) is 9.08. The number of ether oxygens (including phenoxy) is 1. The number of amides is 3. The van der Waals surface area contributed by atoms with Crippen molar-refractivity contribution in [2.45, 2.75) is 64.5 Å². The third kappa shape index (κ3) is 4.10. The summed E-state index contributed by atoms with van der Waals surface area (Å²) in [5.41, 5.74) is 2.28. The molecule has 2 heterocycles. The number of fused-ring (bicyclic) bond motifs is 1. The molecular formula is C21H30N2O4. The summed E-state index contributed by atoms with van der Waals surface area (Å²) in [5.74, 6) is 0.517. The van der Waals surface area contributed by atoms with Crippen LogP contribution in [0.2, 0.25) is 0 Å². The number of rotatable bonds is 5. The van der Waals surface area contributed by atoms with Gasteiger partial charge in [-0.05, 0) is 48.8 Å². The summed E-state index contributed by atoms with van der Waals surface area (Å²) in [5, 5.41) is 10.3. The Balaban J connectivity index is 1.58. The third-order valence-corrected chi connectivity index (χ3v) is 5.40. The lowest BCUT2D eigenvalue weighted by atomic mass is 9.86. The Morgan fingerprint density at radius 1 is 1.26 bits per heavy atom. The van der Waals surface area contributed by atoms with E-state index in [-0.39, 0.29) is 36.5 Å². The van der Waals surface area contributed by atoms with Gasteiger partial charge in [-0.2, -0.15) is 0 Å². The van der Waals surface area contributed by atoms with Crippen molar-refractivity contribution < 1.29 is 19.4 Å². The molecule has 2 fully saturated rings. The number of imide groups is 1. The highest BCUT2D eigenvalue weighted by molar-refractivity contribution is 6.04. The zero-order chi connectivity index (χ0) is 19.8. The lowest BCUT2D eigenvalue weighted by Crippen LogP contribution is -2.40. The van der Waals surface area contributed by atoms with Crippen LogP contribution in [-0.2, 0) is 10.2 Å². The number of carbonyl (C=O) groups excluding carboxylic acids is 2. The molecule has 2 aliphatic rings. The molecule has 2 aliphatic heterocycles. The number of aliphatic hydroxyl groups excluding tert-OH is 1. The minimum atomic E-state index is -0.916. The van der Waals surface area contributed by atoms with Crippen molar-refractivity contribution in [3.63, 3.8) is 0 Å². The SMILES string of the molecule is Cc1cc(C(C)(C)C)ccc1OC[C@@H](O)CN1C(=O)[C@@H]2CCCCN2C1=O. The van der Waals surface area contributed by atoms with Crippen molar-refractivity contribution in [2.75, 3.05) is 19.7 Å². The number of aryl methyl sites for hydroxylation is 1. The van der Waals surface area contributed by atoms with Crippen molar-refractivity contribution in [3.8, 4) is 5.75 Å². The van der Waals surface area contributed by atoms with E-state index in [0.717, 1.165) is 18.4 Å². The van der Waals surface area contributed by atoms with Crippen molar-refractivity contribution >= 4 is 11.9 Å². The van der Waals surface area contributed by atoms with E-state index in [2.05, 4.69) is 26.8 Å². The Hall–Kier alpha value is -2.08. The molecule has 3 rings (SSSR count). The summed E-state index contributed by atoms with van der Waals surface area (Å²) in [6, 6.07) is 5.41. The van der Waals surface area contributed by atoms with Gasteiger partial charge < -0.3 is 14.7 Å². The van der Waals surface area contributed by atoms with Crippen LogP contribution in [0.4, 0.5) is 4.79 Å². The molecule has 0 unspecified atom stereocenters. The van der Waals surface area contributed by atoms with E-state index in [1.807, 2.05) is 19.1 Å². The summed E-state index contributed by atoms with van der Waals surface area (Å²) in [6.07, 6.45) is 1.69. The Kier molecular flexibility index (Phi) is 5.47. The highest BCUT2D eigenvalue weighted by Gasteiger charge is 2.46. The third-order valence-electron chi connectivity index (χ3n) is 5.40. The molecule has 0 saturated carbocycles. The maximum atomic E-state index is 12.5. The number of hydrogen-bond donors (Lipinski definition) is 1. The molecule has 1 aromatic carbocycles. The first-order valence-electron chi connectivity index (χ1n) is 9.72. The van der Waals surface area contributed by atoms with Crippen LogP contribution in [0, 0.1) is 6.92 Å². The Bertz CT molecular complexity index is 701. The molecule has 1 N–H and O–H groups in total. The Morgan fingerprint density at radius 3 is 2.63 bits per heavy atom. The zero-order valence-corrected chi connectivity index (χ0v) is 16.7. The van der Waals surface area contributed by atoms with Crippen LogP contribution in [0.3, 0.4) is 0 Å². The fourth-order valence-corrected chi connectivity index (χ4v) is 3.74. The van der Waals surface area contributed by atoms with Gasteiger partial charge in [-0.15, -0.1) is 0 Å². The first-order chi connectivity index (χ1) is 12.7. The lowest BCUT2D eigenvalue weighted by Gasteiger charge is -2.26. The molecular weight excluding hydrogens is 344 g/mol. The highest BCUT2D eigenvalue weighted by Crippen LogP contribution is 2.28. The monoisotopic (exact) mass is 374 g/mol. The van der Waals surface area contributed by atoms with Gasteiger partial charge in [0.25, 0.3) is 5.91 Å². The fraction of sp³-hybridized carbons (Fsp3) is 0.619. The number of nitrogens with zero attached hydrogens (tertiary/aromatic N) is 2. The van der Waals surface area contributed by atoms with Crippen LogP contribution in [0.1, 0.15) is 51.2 Å². The van der Waals surface area contributed by atoms with E-state index in [0.29, 0.717) is 18.7 Å². The van der Waals surface area contributed by atoms with Gasteiger partial charge in [0, 0.05) is 6.54 Å². The maximum absolute atomic E-state index is 12.5. The summed E-state index contributed by atoms with van der Waals surface area (Å²) < 4.78 is 5.75. The van der Waals surface area contributed by atoms with Crippen LogP contribution < -0.4 is 4.74 Å². The van der Waals surface area contributed by atoms with Crippen LogP contribution in [0.25, 0.3) is 0 Å². The molecule has 6 heteroatoms. The van der Waals surface area contributed by atoms with Crippen LogP contribution in [0.15, 0.2) is 18.2 Å². The summed E-state index contributed by atoms with van der Waals surface area (Å²) in [7, 11) is 0. The van der Waals surface area contributed by atoms with Gasteiger partial charge >= 0.3 is 6.03 Å². The second-order valence-electron chi connectivity index (χ2n) is 8.63. The van der Waals surface area contributed by atoms with Gasteiger partial charge in [0.1, 0.15) is 24.5 Å². The van der Waals surface area contributed by atoms with Gasteiger partial charge in [0.15, 0.2) is 0 Å². The van der Waals surface area contributed by atoms with Gasteiger partial charge in [0.2, 0.25) is 0 Å². The lowest BCUT2D eigenvalue weighted by molar-refractivity contribution is -0.129. The van der Waals surface area contributed by atoms with E-state index >= 15 is 0 Å². The van der Waals surface area contributed by atoms with E-state index in [1.54, 1.807) is 4.90 Å². The van der Waals surface area contributed by atoms with Crippen molar-refractivity contribution in [3.05, 3.63) is 29.3 Å². The molecule has 0 radical (unpaired) electrons. The number of urea groups is 1. The number of β-amino-alcohol motifs (C(OH)–C–C–N with tert-alkyl or cyclic N) is 1. The highest BCUT2D eigenvalue weighted by atomic mass is 16.5. The van der Waals surface area contributed by atoms with Crippen molar-refractivity contribution in [1.29, 1.82) is 0 Å². The summed E-state index contributed by atoms with van der Waals surface area (Å²) >= 11 is 0. The first-order valence-corrected chi connectivity index (χ1v) is 9.72. The van der Waals surface area contributed by atoms with Crippen molar-refractivity contribution in [2.24, 2.45) is 0 Å². The minimum Gasteiger partial charge on any atom is -0.491 e. The molecule has 1 aromatic rings. The first kappa shape index (κ1) is 19.7. The molecule has 2 saturated heterocycles. The molecule has 3 amide bonds. The molecule has 0 aromatic heterocycles. The van der Waals surface area contributed by atoms with Gasteiger partial charge in [0.05, 0.1) is 6.54 Å². The Morgan fingerprint density at radius 2 is 2.00 bits per heavy atom. The zero-order valence-electron chi connectivity index (χ0n) is 16.7. The molecule has 27 heavy (non-hydrogen) atoms. The molecule has 0 aliphatic carbocycles. The average Bonchev–Trinajstić information content (AvgIpc) is 2.85. The average molecular weight is 374 g/mol. The number of aliphatic hydroxyl groups is 1. The smallest absolute Gasteiger partial charge is 0.327 e. The second-order valence-corrected chi connectivity index (χ2v) is 8.63. The fourth-order valence-electron chi connectivity index (χ4n) is 3.74. The van der Waals surface area contributed by atoms with E-state index in [4.69, 9.17) is 4.74 Å². The predicted molar refractivity (Wildman–Crippen MR) is 103 cm³/mol.